The lowest BCUT2D eigenvalue weighted by Gasteiger charge is -2.39. The fraction of sp³-hybridized carbons (Fsp3) is 0.538. The van der Waals surface area contributed by atoms with E-state index >= 15 is 0 Å². The van der Waals surface area contributed by atoms with Gasteiger partial charge in [0.15, 0.2) is 11.5 Å². The van der Waals surface area contributed by atoms with E-state index in [0.717, 1.165) is 44.0 Å². The summed E-state index contributed by atoms with van der Waals surface area (Å²) in [6.07, 6.45) is 4.67. The molecule has 0 bridgehead atoms. The van der Waals surface area contributed by atoms with E-state index in [1.54, 1.807) is 0 Å². The van der Waals surface area contributed by atoms with E-state index in [0.29, 0.717) is 18.6 Å². The Balaban J connectivity index is 1.32. The molecule has 0 radical (unpaired) electrons. The Labute approximate surface area is 180 Å². The first-order valence-corrected chi connectivity index (χ1v) is 11.3. The standard InChI is InChI=1S/C26H35NO3/c1-19-6-9-21(10-7-19)23(22-12-14-30-26(2,3)16-22)5-4-13-27-17-20-8-11-24-25(15-20)29-18-28-24/h6-11,15,22-23,27H,4-5,12-14,16-18H2,1-3H3/t22-,23+/m1/s1. The highest BCUT2D eigenvalue weighted by atomic mass is 16.7. The van der Waals surface area contributed by atoms with Gasteiger partial charge in [-0.05, 0) is 88.1 Å². The molecule has 30 heavy (non-hydrogen) atoms. The van der Waals surface area contributed by atoms with Crippen molar-refractivity contribution < 1.29 is 14.2 Å². The van der Waals surface area contributed by atoms with Crippen molar-refractivity contribution in [3.63, 3.8) is 0 Å². The minimum atomic E-state index is -0.0104. The zero-order valence-electron chi connectivity index (χ0n) is 18.6. The highest BCUT2D eigenvalue weighted by molar-refractivity contribution is 5.44. The molecule has 162 valence electrons. The van der Waals surface area contributed by atoms with Crippen molar-refractivity contribution in [2.45, 2.75) is 64.5 Å². The van der Waals surface area contributed by atoms with Crippen LogP contribution in [0.1, 0.15) is 62.1 Å². The van der Waals surface area contributed by atoms with Crippen LogP contribution in [-0.2, 0) is 11.3 Å². The van der Waals surface area contributed by atoms with Crippen LogP contribution in [0.3, 0.4) is 0 Å². The van der Waals surface area contributed by atoms with Crippen molar-refractivity contribution in [3.05, 3.63) is 59.2 Å². The van der Waals surface area contributed by atoms with Gasteiger partial charge < -0.3 is 19.5 Å². The molecule has 4 rings (SSSR count). The molecule has 1 saturated heterocycles. The summed E-state index contributed by atoms with van der Waals surface area (Å²) in [4.78, 5) is 0. The number of fused-ring (bicyclic) bond motifs is 1. The second kappa shape index (κ2) is 9.40. The van der Waals surface area contributed by atoms with Crippen LogP contribution in [0.2, 0.25) is 0 Å². The third kappa shape index (κ3) is 5.35. The molecule has 2 heterocycles. The molecule has 4 heteroatoms. The fourth-order valence-electron chi connectivity index (χ4n) is 4.84. The predicted octanol–water partition coefficient (Wildman–Crippen LogP) is 5.58. The van der Waals surface area contributed by atoms with E-state index in [-0.39, 0.29) is 5.60 Å². The zero-order valence-corrected chi connectivity index (χ0v) is 18.6. The minimum absolute atomic E-state index is 0.0104. The maximum Gasteiger partial charge on any atom is 0.231 e. The first kappa shape index (κ1) is 21.2. The molecule has 4 nitrogen and oxygen atoms in total. The molecule has 0 aromatic heterocycles. The van der Waals surface area contributed by atoms with Gasteiger partial charge in [0.05, 0.1) is 5.60 Å². The molecule has 0 aliphatic carbocycles. The second-order valence-electron chi connectivity index (χ2n) is 9.38. The Morgan fingerprint density at radius 2 is 1.87 bits per heavy atom. The van der Waals surface area contributed by atoms with Gasteiger partial charge in [-0.25, -0.2) is 0 Å². The van der Waals surface area contributed by atoms with Gasteiger partial charge in [0.25, 0.3) is 0 Å². The SMILES string of the molecule is Cc1ccc([C@H](CCCNCc2ccc3c(c2)OCO3)[C@@H]2CCOC(C)(C)C2)cc1. The van der Waals surface area contributed by atoms with Gasteiger partial charge in [-0.15, -0.1) is 0 Å². The average molecular weight is 410 g/mol. The predicted molar refractivity (Wildman–Crippen MR) is 120 cm³/mol. The smallest absolute Gasteiger partial charge is 0.231 e. The van der Waals surface area contributed by atoms with Crippen molar-refractivity contribution in [1.82, 2.24) is 5.32 Å². The van der Waals surface area contributed by atoms with Gasteiger partial charge in [0.1, 0.15) is 0 Å². The van der Waals surface area contributed by atoms with Crippen molar-refractivity contribution in [1.29, 1.82) is 0 Å². The van der Waals surface area contributed by atoms with Gasteiger partial charge in [-0.1, -0.05) is 35.9 Å². The Bertz CT molecular complexity index is 831. The van der Waals surface area contributed by atoms with Gasteiger partial charge >= 0.3 is 0 Å². The highest BCUT2D eigenvalue weighted by Crippen LogP contribution is 2.40. The lowest BCUT2D eigenvalue weighted by Crippen LogP contribution is -2.36. The third-order valence-electron chi connectivity index (χ3n) is 6.44. The second-order valence-corrected chi connectivity index (χ2v) is 9.38. The van der Waals surface area contributed by atoms with Crippen LogP contribution in [-0.4, -0.2) is 25.5 Å². The topological polar surface area (TPSA) is 39.7 Å². The monoisotopic (exact) mass is 409 g/mol. The van der Waals surface area contributed by atoms with E-state index in [1.165, 1.54) is 29.5 Å². The molecular formula is C26H35NO3. The fourth-order valence-corrected chi connectivity index (χ4v) is 4.84. The van der Waals surface area contributed by atoms with Crippen LogP contribution in [0.5, 0.6) is 11.5 Å². The summed E-state index contributed by atoms with van der Waals surface area (Å²) in [7, 11) is 0. The first-order valence-electron chi connectivity index (χ1n) is 11.3. The van der Waals surface area contributed by atoms with E-state index in [2.05, 4.69) is 62.5 Å². The number of hydrogen-bond donors (Lipinski definition) is 1. The summed E-state index contributed by atoms with van der Waals surface area (Å²) < 4.78 is 16.9. The Morgan fingerprint density at radius 1 is 1.07 bits per heavy atom. The zero-order chi connectivity index (χ0) is 21.0. The lowest BCUT2D eigenvalue weighted by atomic mass is 9.74. The molecule has 0 spiro atoms. The van der Waals surface area contributed by atoms with Crippen LogP contribution < -0.4 is 14.8 Å². The summed E-state index contributed by atoms with van der Waals surface area (Å²) >= 11 is 0. The van der Waals surface area contributed by atoms with E-state index in [1.807, 2.05) is 6.07 Å². The quantitative estimate of drug-likeness (QED) is 0.578. The molecule has 0 unspecified atom stereocenters. The number of rotatable bonds is 8. The molecule has 2 aromatic carbocycles. The molecule has 0 saturated carbocycles. The number of hydrogen-bond acceptors (Lipinski definition) is 4. The summed E-state index contributed by atoms with van der Waals surface area (Å²) in [5.74, 6) is 2.99. The van der Waals surface area contributed by atoms with Gasteiger partial charge in [-0.3, -0.25) is 0 Å². The largest absolute Gasteiger partial charge is 0.454 e. The van der Waals surface area contributed by atoms with Gasteiger partial charge in [0.2, 0.25) is 6.79 Å². The summed E-state index contributed by atoms with van der Waals surface area (Å²) in [5.41, 5.74) is 4.04. The number of aryl methyl sites for hydroxylation is 1. The van der Waals surface area contributed by atoms with Gasteiger partial charge in [-0.2, -0.15) is 0 Å². The molecule has 2 aromatic rings. The Morgan fingerprint density at radius 3 is 2.67 bits per heavy atom. The summed E-state index contributed by atoms with van der Waals surface area (Å²) in [6, 6.07) is 15.4. The maximum atomic E-state index is 5.99. The van der Waals surface area contributed by atoms with Gasteiger partial charge in [0, 0.05) is 13.2 Å². The summed E-state index contributed by atoms with van der Waals surface area (Å²) in [6.45, 7) is 9.71. The van der Waals surface area contributed by atoms with E-state index in [4.69, 9.17) is 14.2 Å². The van der Waals surface area contributed by atoms with E-state index < -0.39 is 0 Å². The normalized spacial score (nSPS) is 20.8. The summed E-state index contributed by atoms with van der Waals surface area (Å²) in [5, 5.41) is 3.61. The first-order chi connectivity index (χ1) is 14.5. The van der Waals surface area contributed by atoms with Crippen molar-refractivity contribution in [3.8, 4) is 11.5 Å². The third-order valence-corrected chi connectivity index (χ3v) is 6.44. The maximum absolute atomic E-state index is 5.99. The molecule has 2 aliphatic rings. The Kier molecular flexibility index (Phi) is 6.64. The van der Waals surface area contributed by atoms with Crippen LogP contribution >= 0.6 is 0 Å². The molecule has 1 N–H and O–H groups in total. The van der Waals surface area contributed by atoms with Crippen LogP contribution in [0.25, 0.3) is 0 Å². The average Bonchev–Trinajstić information content (AvgIpc) is 3.19. The van der Waals surface area contributed by atoms with E-state index in [9.17, 15) is 0 Å². The molecule has 2 atom stereocenters. The number of benzene rings is 2. The van der Waals surface area contributed by atoms with Crippen LogP contribution in [0.15, 0.2) is 42.5 Å². The minimum Gasteiger partial charge on any atom is -0.454 e. The number of ether oxygens (including phenoxy) is 3. The highest BCUT2D eigenvalue weighted by Gasteiger charge is 2.33. The van der Waals surface area contributed by atoms with Crippen LogP contribution in [0, 0.1) is 12.8 Å². The number of nitrogens with one attached hydrogen (secondary N) is 1. The Hall–Kier alpha value is -2.04. The molecule has 2 aliphatic heterocycles. The molecule has 1 fully saturated rings. The van der Waals surface area contributed by atoms with Crippen molar-refractivity contribution in [2.24, 2.45) is 5.92 Å². The molecular weight excluding hydrogens is 374 g/mol. The van der Waals surface area contributed by atoms with Crippen molar-refractivity contribution in [2.75, 3.05) is 19.9 Å². The van der Waals surface area contributed by atoms with Crippen molar-refractivity contribution >= 4 is 0 Å². The molecule has 0 amide bonds. The van der Waals surface area contributed by atoms with Crippen LogP contribution in [0.4, 0.5) is 0 Å². The lowest BCUT2D eigenvalue weighted by molar-refractivity contribution is -0.0772.